The van der Waals surface area contributed by atoms with Gasteiger partial charge in [-0.3, -0.25) is 9.78 Å². The topological polar surface area (TPSA) is 42.0 Å². The number of hydrogen-bond acceptors (Lipinski definition) is 3. The van der Waals surface area contributed by atoms with Crippen molar-refractivity contribution < 1.29 is 9.18 Å². The molecule has 1 aliphatic heterocycles. The molecule has 1 saturated heterocycles. The number of halogens is 1. The number of nitrogens with zero attached hydrogens (tertiary/aromatic N) is 1. The summed E-state index contributed by atoms with van der Waals surface area (Å²) in [5.41, 5.74) is 0.353. The molecule has 1 aromatic rings. The first-order valence-electron chi connectivity index (χ1n) is 6.07. The molecule has 0 aromatic carbocycles. The summed E-state index contributed by atoms with van der Waals surface area (Å²) in [6.45, 7) is 2.88. The maximum absolute atomic E-state index is 12.7. The minimum atomic E-state index is -0.412. The van der Waals surface area contributed by atoms with Gasteiger partial charge in [0.2, 0.25) is 0 Å². The Labute approximate surface area is 100 Å². The van der Waals surface area contributed by atoms with Gasteiger partial charge in [-0.2, -0.15) is 0 Å². The molecule has 0 radical (unpaired) electrons. The van der Waals surface area contributed by atoms with Crippen LogP contribution in [-0.4, -0.2) is 23.4 Å². The van der Waals surface area contributed by atoms with Crippen LogP contribution in [0.5, 0.6) is 0 Å². The van der Waals surface area contributed by atoms with E-state index in [-0.39, 0.29) is 17.7 Å². The molecule has 0 spiro atoms. The number of carbonyl (C=O) groups excluding carboxylic acids is 1. The highest BCUT2D eigenvalue weighted by Gasteiger charge is 2.26. The second-order valence-corrected chi connectivity index (χ2v) is 4.57. The highest BCUT2D eigenvalue weighted by atomic mass is 19.1. The molecule has 0 bridgehead atoms. The van der Waals surface area contributed by atoms with Crippen molar-refractivity contribution in [2.45, 2.75) is 32.2 Å². The summed E-state index contributed by atoms with van der Waals surface area (Å²) in [6.07, 6.45) is 4.45. The van der Waals surface area contributed by atoms with Gasteiger partial charge < -0.3 is 5.32 Å². The van der Waals surface area contributed by atoms with Crippen molar-refractivity contribution in [1.82, 2.24) is 10.3 Å². The number of carbonyl (C=O) groups is 1. The summed E-state index contributed by atoms with van der Waals surface area (Å²) in [7, 11) is 0. The average Bonchev–Trinajstić information content (AvgIpc) is 2.39. The molecule has 2 heterocycles. The average molecular weight is 236 g/mol. The van der Waals surface area contributed by atoms with Gasteiger partial charge in [-0.05, 0) is 31.5 Å². The van der Waals surface area contributed by atoms with Gasteiger partial charge >= 0.3 is 0 Å². The largest absolute Gasteiger partial charge is 0.313 e. The lowest BCUT2D eigenvalue weighted by Gasteiger charge is -2.27. The van der Waals surface area contributed by atoms with Gasteiger partial charge in [0.1, 0.15) is 11.5 Å². The standard InChI is InChI=1S/C13H17FN2O/c1-9(11-4-2-3-7-15-11)13(17)12-6-5-10(14)8-16-12/h5-6,8-9,11,15H,2-4,7H2,1H3. The minimum Gasteiger partial charge on any atom is -0.313 e. The minimum absolute atomic E-state index is 0.00981. The van der Waals surface area contributed by atoms with Gasteiger partial charge in [-0.15, -0.1) is 0 Å². The summed E-state index contributed by atoms with van der Waals surface area (Å²) in [4.78, 5) is 16.0. The molecule has 2 atom stereocenters. The summed E-state index contributed by atoms with van der Waals surface area (Å²) in [5, 5.41) is 3.36. The molecular weight excluding hydrogens is 219 g/mol. The third-order valence-electron chi connectivity index (χ3n) is 3.35. The van der Waals surface area contributed by atoms with E-state index in [1.165, 1.54) is 18.6 Å². The van der Waals surface area contributed by atoms with Crippen LogP contribution in [0.3, 0.4) is 0 Å². The lowest BCUT2D eigenvalue weighted by atomic mass is 9.89. The van der Waals surface area contributed by atoms with Crippen LogP contribution < -0.4 is 5.32 Å². The van der Waals surface area contributed by atoms with Crippen LogP contribution in [-0.2, 0) is 0 Å². The summed E-state index contributed by atoms with van der Waals surface area (Å²) in [6, 6.07) is 2.96. The van der Waals surface area contributed by atoms with E-state index >= 15 is 0 Å². The number of Topliss-reactive ketones (excluding diaryl/α,β-unsaturated/α-hetero) is 1. The summed E-state index contributed by atoms with van der Waals surface area (Å²) < 4.78 is 12.7. The lowest BCUT2D eigenvalue weighted by Crippen LogP contribution is -2.42. The molecule has 92 valence electrons. The number of piperidine rings is 1. The van der Waals surface area contributed by atoms with Gasteiger partial charge in [0.25, 0.3) is 0 Å². The molecule has 1 aromatic heterocycles. The molecule has 2 unspecified atom stereocenters. The third-order valence-corrected chi connectivity index (χ3v) is 3.35. The fraction of sp³-hybridized carbons (Fsp3) is 0.538. The Hall–Kier alpha value is -1.29. The van der Waals surface area contributed by atoms with Crippen molar-refractivity contribution in [3.8, 4) is 0 Å². The highest BCUT2D eigenvalue weighted by Crippen LogP contribution is 2.18. The van der Waals surface area contributed by atoms with E-state index in [2.05, 4.69) is 10.3 Å². The second-order valence-electron chi connectivity index (χ2n) is 4.57. The zero-order valence-corrected chi connectivity index (χ0v) is 9.95. The second kappa shape index (κ2) is 5.36. The Morgan fingerprint density at radius 1 is 1.53 bits per heavy atom. The third kappa shape index (κ3) is 2.88. The molecule has 2 rings (SSSR count). The number of ketones is 1. The zero-order valence-electron chi connectivity index (χ0n) is 9.95. The van der Waals surface area contributed by atoms with Crippen molar-refractivity contribution in [2.24, 2.45) is 5.92 Å². The Morgan fingerprint density at radius 2 is 2.35 bits per heavy atom. The number of hydrogen-bond donors (Lipinski definition) is 1. The van der Waals surface area contributed by atoms with Gasteiger partial charge in [0, 0.05) is 12.0 Å². The van der Waals surface area contributed by atoms with E-state index < -0.39 is 5.82 Å². The van der Waals surface area contributed by atoms with E-state index in [0.717, 1.165) is 25.6 Å². The molecule has 0 amide bonds. The highest BCUT2D eigenvalue weighted by molar-refractivity contribution is 5.96. The number of aromatic nitrogens is 1. The van der Waals surface area contributed by atoms with Crippen molar-refractivity contribution in [3.05, 3.63) is 29.8 Å². The van der Waals surface area contributed by atoms with Crippen molar-refractivity contribution in [1.29, 1.82) is 0 Å². The van der Waals surface area contributed by atoms with Crippen LogP contribution >= 0.6 is 0 Å². The number of pyridine rings is 1. The van der Waals surface area contributed by atoms with Crippen LogP contribution in [0, 0.1) is 11.7 Å². The molecule has 4 heteroatoms. The van der Waals surface area contributed by atoms with Crippen LogP contribution in [0.25, 0.3) is 0 Å². The van der Waals surface area contributed by atoms with Gasteiger partial charge in [0.15, 0.2) is 5.78 Å². The fourth-order valence-electron chi connectivity index (χ4n) is 2.24. The van der Waals surface area contributed by atoms with E-state index in [0.29, 0.717) is 5.69 Å². The quantitative estimate of drug-likeness (QED) is 0.818. The SMILES string of the molecule is CC(C(=O)c1ccc(F)cn1)C1CCCCN1. The Bertz CT molecular complexity index is 385. The van der Waals surface area contributed by atoms with E-state index in [9.17, 15) is 9.18 Å². The first kappa shape index (κ1) is 12.2. The monoisotopic (exact) mass is 236 g/mol. The molecule has 0 saturated carbocycles. The predicted octanol–water partition coefficient (Wildman–Crippen LogP) is 2.18. The molecule has 3 nitrogen and oxygen atoms in total. The number of rotatable bonds is 3. The van der Waals surface area contributed by atoms with Crippen molar-refractivity contribution >= 4 is 5.78 Å². The Morgan fingerprint density at radius 3 is 2.94 bits per heavy atom. The molecule has 0 aliphatic carbocycles. The fourth-order valence-corrected chi connectivity index (χ4v) is 2.24. The number of nitrogens with one attached hydrogen (secondary N) is 1. The van der Waals surface area contributed by atoms with Gasteiger partial charge in [-0.1, -0.05) is 13.3 Å². The van der Waals surface area contributed by atoms with E-state index in [1.807, 2.05) is 6.92 Å². The lowest BCUT2D eigenvalue weighted by molar-refractivity contribution is 0.0886. The molecule has 1 N–H and O–H groups in total. The van der Waals surface area contributed by atoms with Crippen LogP contribution in [0.4, 0.5) is 4.39 Å². The summed E-state index contributed by atoms with van der Waals surface area (Å²) in [5.74, 6) is -0.525. The normalized spacial score (nSPS) is 22.1. The predicted molar refractivity (Wildman–Crippen MR) is 63.3 cm³/mol. The Kier molecular flexibility index (Phi) is 3.84. The van der Waals surface area contributed by atoms with Crippen LogP contribution in [0.1, 0.15) is 36.7 Å². The maximum Gasteiger partial charge on any atom is 0.185 e. The van der Waals surface area contributed by atoms with E-state index in [1.54, 1.807) is 0 Å². The maximum atomic E-state index is 12.7. The first-order chi connectivity index (χ1) is 8.18. The molecule has 1 aliphatic rings. The molecule has 1 fully saturated rings. The van der Waals surface area contributed by atoms with Gasteiger partial charge in [0.05, 0.1) is 6.20 Å². The zero-order chi connectivity index (χ0) is 12.3. The van der Waals surface area contributed by atoms with Gasteiger partial charge in [-0.25, -0.2) is 4.39 Å². The van der Waals surface area contributed by atoms with Crippen LogP contribution in [0.2, 0.25) is 0 Å². The molecule has 17 heavy (non-hydrogen) atoms. The van der Waals surface area contributed by atoms with Crippen LogP contribution in [0.15, 0.2) is 18.3 Å². The van der Waals surface area contributed by atoms with Crippen molar-refractivity contribution in [2.75, 3.05) is 6.54 Å². The summed E-state index contributed by atoms with van der Waals surface area (Å²) >= 11 is 0. The molecular formula is C13H17FN2O. The Balaban J connectivity index is 2.05. The smallest absolute Gasteiger partial charge is 0.185 e. The first-order valence-corrected chi connectivity index (χ1v) is 6.07. The van der Waals surface area contributed by atoms with Crippen molar-refractivity contribution in [3.63, 3.8) is 0 Å². The van der Waals surface area contributed by atoms with E-state index in [4.69, 9.17) is 0 Å².